The van der Waals surface area contributed by atoms with Crippen molar-refractivity contribution in [2.45, 2.75) is 13.3 Å². The summed E-state index contributed by atoms with van der Waals surface area (Å²) in [6, 6.07) is 6.35. The normalized spacial score (nSPS) is 11.0. The van der Waals surface area contributed by atoms with Crippen molar-refractivity contribution in [3.8, 4) is 0 Å². The highest BCUT2D eigenvalue weighted by atomic mass is 32.1. The Kier molecular flexibility index (Phi) is 3.18. The van der Waals surface area contributed by atoms with E-state index >= 15 is 0 Å². The number of hydrogen-bond donors (Lipinski definition) is 2. The topological polar surface area (TPSA) is 50.9 Å². The van der Waals surface area contributed by atoms with Gasteiger partial charge in [-0.05, 0) is 37.2 Å². The summed E-state index contributed by atoms with van der Waals surface area (Å²) in [4.78, 5) is 4.23. The highest BCUT2D eigenvalue weighted by Crippen LogP contribution is 2.24. The molecule has 15 heavy (non-hydrogen) atoms. The number of hydrogen-bond acceptors (Lipinski definition) is 4. The minimum absolute atomic E-state index is 0.647. The van der Waals surface area contributed by atoms with Gasteiger partial charge >= 0.3 is 0 Å². The molecule has 0 aliphatic rings. The molecule has 80 valence electrons. The lowest BCUT2D eigenvalue weighted by Crippen LogP contribution is -2.15. The van der Waals surface area contributed by atoms with Crippen LogP contribution in [0.2, 0.25) is 0 Å². The van der Waals surface area contributed by atoms with Crippen LogP contribution in [0.4, 0.5) is 5.13 Å². The molecule has 1 aromatic heterocycles. The summed E-state index contributed by atoms with van der Waals surface area (Å²) in [6.45, 7) is 4.17. The van der Waals surface area contributed by atoms with Gasteiger partial charge in [0.2, 0.25) is 0 Å². The van der Waals surface area contributed by atoms with Gasteiger partial charge < -0.3 is 11.1 Å². The SMILES string of the molecule is CCNCCc1ccc2nc(N)sc2c1. The van der Waals surface area contributed by atoms with Crippen LogP contribution in [0.5, 0.6) is 0 Å². The van der Waals surface area contributed by atoms with E-state index in [0.29, 0.717) is 5.13 Å². The van der Waals surface area contributed by atoms with Gasteiger partial charge in [-0.2, -0.15) is 0 Å². The number of rotatable bonds is 4. The molecule has 0 saturated heterocycles. The van der Waals surface area contributed by atoms with Gasteiger partial charge in [0.1, 0.15) is 0 Å². The monoisotopic (exact) mass is 221 g/mol. The highest BCUT2D eigenvalue weighted by molar-refractivity contribution is 7.22. The van der Waals surface area contributed by atoms with Crippen LogP contribution in [0, 0.1) is 0 Å². The fourth-order valence-corrected chi connectivity index (χ4v) is 2.35. The van der Waals surface area contributed by atoms with Crippen LogP contribution >= 0.6 is 11.3 Å². The molecule has 0 atom stereocenters. The molecule has 0 fully saturated rings. The van der Waals surface area contributed by atoms with Crippen molar-refractivity contribution in [2.24, 2.45) is 0 Å². The van der Waals surface area contributed by atoms with Crippen molar-refractivity contribution in [3.05, 3.63) is 23.8 Å². The molecule has 0 unspecified atom stereocenters. The Hall–Kier alpha value is -1.13. The van der Waals surface area contributed by atoms with Gasteiger partial charge in [-0.3, -0.25) is 0 Å². The third kappa shape index (κ3) is 2.46. The molecule has 1 aromatic carbocycles. The fraction of sp³-hybridized carbons (Fsp3) is 0.364. The van der Waals surface area contributed by atoms with E-state index < -0.39 is 0 Å². The Balaban J connectivity index is 2.15. The molecule has 2 aromatic rings. The van der Waals surface area contributed by atoms with Gasteiger partial charge in [-0.25, -0.2) is 4.98 Å². The third-order valence-electron chi connectivity index (χ3n) is 2.31. The summed E-state index contributed by atoms with van der Waals surface area (Å²) in [5.41, 5.74) is 8.00. The quantitative estimate of drug-likeness (QED) is 0.777. The minimum atomic E-state index is 0.647. The standard InChI is InChI=1S/C11H15N3S/c1-2-13-6-5-8-3-4-9-10(7-8)15-11(12)14-9/h3-4,7,13H,2,5-6H2,1H3,(H2,12,14). The lowest BCUT2D eigenvalue weighted by Gasteiger charge is -2.01. The molecule has 0 amide bonds. The minimum Gasteiger partial charge on any atom is -0.375 e. The zero-order chi connectivity index (χ0) is 10.7. The zero-order valence-electron chi connectivity index (χ0n) is 8.79. The van der Waals surface area contributed by atoms with E-state index in [0.717, 1.165) is 25.0 Å². The zero-order valence-corrected chi connectivity index (χ0v) is 9.60. The number of anilines is 1. The van der Waals surface area contributed by atoms with Crippen LogP contribution < -0.4 is 11.1 Å². The van der Waals surface area contributed by atoms with Crippen LogP contribution in [0.1, 0.15) is 12.5 Å². The van der Waals surface area contributed by atoms with Crippen molar-refractivity contribution in [2.75, 3.05) is 18.8 Å². The Morgan fingerprint density at radius 1 is 1.47 bits per heavy atom. The molecule has 1 heterocycles. The second kappa shape index (κ2) is 4.59. The molecule has 0 aliphatic heterocycles. The van der Waals surface area contributed by atoms with E-state index in [2.05, 4.69) is 29.4 Å². The maximum atomic E-state index is 5.66. The molecule has 0 spiro atoms. The molecule has 3 nitrogen and oxygen atoms in total. The Morgan fingerprint density at radius 3 is 3.13 bits per heavy atom. The lowest BCUT2D eigenvalue weighted by atomic mass is 10.1. The molecule has 0 radical (unpaired) electrons. The van der Waals surface area contributed by atoms with Crippen LogP contribution in [-0.2, 0) is 6.42 Å². The van der Waals surface area contributed by atoms with Gasteiger partial charge in [0.05, 0.1) is 10.2 Å². The Bertz CT molecular complexity index is 450. The lowest BCUT2D eigenvalue weighted by molar-refractivity contribution is 0.717. The van der Waals surface area contributed by atoms with Gasteiger partial charge in [0, 0.05) is 0 Å². The molecule has 0 saturated carbocycles. The molecule has 2 rings (SSSR count). The average Bonchev–Trinajstić information content (AvgIpc) is 2.57. The number of nitrogens with one attached hydrogen (secondary N) is 1. The summed E-state index contributed by atoms with van der Waals surface area (Å²) < 4.78 is 1.18. The number of benzene rings is 1. The van der Waals surface area contributed by atoms with Crippen LogP contribution in [-0.4, -0.2) is 18.1 Å². The van der Waals surface area contributed by atoms with Crippen molar-refractivity contribution >= 4 is 26.7 Å². The second-order valence-corrected chi connectivity index (χ2v) is 4.52. The second-order valence-electron chi connectivity index (χ2n) is 3.46. The molecule has 0 aliphatic carbocycles. The Labute approximate surface area is 93.3 Å². The van der Waals surface area contributed by atoms with Crippen LogP contribution in [0.3, 0.4) is 0 Å². The van der Waals surface area contributed by atoms with E-state index in [9.17, 15) is 0 Å². The first-order valence-electron chi connectivity index (χ1n) is 5.15. The largest absolute Gasteiger partial charge is 0.375 e. The van der Waals surface area contributed by atoms with Gasteiger partial charge in [0.25, 0.3) is 0 Å². The predicted molar refractivity (Wildman–Crippen MR) is 66.3 cm³/mol. The highest BCUT2D eigenvalue weighted by Gasteiger charge is 2.01. The van der Waals surface area contributed by atoms with E-state index in [-0.39, 0.29) is 0 Å². The molecular weight excluding hydrogens is 206 g/mol. The fourth-order valence-electron chi connectivity index (χ4n) is 1.55. The first-order valence-corrected chi connectivity index (χ1v) is 5.97. The maximum absolute atomic E-state index is 5.66. The van der Waals surface area contributed by atoms with Crippen molar-refractivity contribution in [1.29, 1.82) is 0 Å². The number of likely N-dealkylation sites (N-methyl/N-ethyl adjacent to an activating group) is 1. The Morgan fingerprint density at radius 2 is 2.33 bits per heavy atom. The van der Waals surface area contributed by atoms with Crippen molar-refractivity contribution < 1.29 is 0 Å². The molecule has 3 N–H and O–H groups in total. The number of aromatic nitrogens is 1. The van der Waals surface area contributed by atoms with Crippen molar-refractivity contribution in [3.63, 3.8) is 0 Å². The van der Waals surface area contributed by atoms with Gasteiger partial charge in [0.15, 0.2) is 5.13 Å². The number of nitrogens with zero attached hydrogens (tertiary/aromatic N) is 1. The number of thiazole rings is 1. The first-order chi connectivity index (χ1) is 7.29. The first kappa shape index (κ1) is 10.4. The molecular formula is C11H15N3S. The number of nitrogen functional groups attached to an aromatic ring is 1. The van der Waals surface area contributed by atoms with Gasteiger partial charge in [-0.15, -0.1) is 0 Å². The van der Waals surface area contributed by atoms with E-state index in [1.807, 2.05) is 6.07 Å². The van der Waals surface area contributed by atoms with E-state index in [1.54, 1.807) is 11.3 Å². The van der Waals surface area contributed by atoms with E-state index in [1.165, 1.54) is 10.3 Å². The summed E-state index contributed by atoms with van der Waals surface area (Å²) >= 11 is 1.55. The summed E-state index contributed by atoms with van der Waals surface area (Å²) in [5, 5.41) is 3.96. The summed E-state index contributed by atoms with van der Waals surface area (Å²) in [5.74, 6) is 0. The summed E-state index contributed by atoms with van der Waals surface area (Å²) in [7, 11) is 0. The van der Waals surface area contributed by atoms with Crippen LogP contribution in [0.15, 0.2) is 18.2 Å². The maximum Gasteiger partial charge on any atom is 0.181 e. The number of nitrogens with two attached hydrogens (primary N) is 1. The van der Waals surface area contributed by atoms with Crippen molar-refractivity contribution in [1.82, 2.24) is 10.3 Å². The molecule has 0 bridgehead atoms. The smallest absolute Gasteiger partial charge is 0.181 e. The van der Waals surface area contributed by atoms with Crippen LogP contribution in [0.25, 0.3) is 10.2 Å². The predicted octanol–water partition coefficient (Wildman–Crippen LogP) is 2.03. The average molecular weight is 221 g/mol. The van der Waals surface area contributed by atoms with E-state index in [4.69, 9.17) is 5.73 Å². The van der Waals surface area contributed by atoms with Gasteiger partial charge in [-0.1, -0.05) is 24.3 Å². The third-order valence-corrected chi connectivity index (χ3v) is 3.16. The summed E-state index contributed by atoms with van der Waals surface area (Å²) in [6.07, 6.45) is 1.06. The molecule has 4 heteroatoms. The number of fused-ring (bicyclic) bond motifs is 1.